The Morgan fingerprint density at radius 3 is 2.58 bits per heavy atom. The summed E-state index contributed by atoms with van der Waals surface area (Å²) in [5, 5.41) is 29.4. The van der Waals surface area contributed by atoms with Gasteiger partial charge in [-0.2, -0.15) is 0 Å². The number of aromatic nitrogens is 4. The first-order chi connectivity index (χ1) is 12.7. The van der Waals surface area contributed by atoms with Crippen LogP contribution in [0.15, 0.2) is 43.0 Å². The van der Waals surface area contributed by atoms with Gasteiger partial charge >= 0.3 is 0 Å². The normalized spacial score (nSPS) is 25.5. The highest BCUT2D eigenvalue weighted by Gasteiger charge is 2.44. The lowest BCUT2D eigenvalue weighted by Crippen LogP contribution is -2.33. The first kappa shape index (κ1) is 16.7. The van der Waals surface area contributed by atoms with E-state index in [4.69, 9.17) is 4.74 Å². The minimum absolute atomic E-state index is 0.399. The van der Waals surface area contributed by atoms with Gasteiger partial charge in [-0.3, -0.25) is 15.4 Å². The number of benzene rings is 1. The van der Waals surface area contributed by atoms with E-state index in [0.29, 0.717) is 17.0 Å². The number of aliphatic hydroxyl groups is 3. The molecular weight excluding hydrogens is 340 g/mol. The molecular formula is C16H18N6O4. The zero-order valence-electron chi connectivity index (χ0n) is 13.6. The number of hydrazine groups is 1. The predicted molar refractivity (Wildman–Crippen MR) is 92.0 cm³/mol. The Labute approximate surface area is 148 Å². The summed E-state index contributed by atoms with van der Waals surface area (Å²) in [6.07, 6.45) is -1.37. The smallest absolute Gasteiger partial charge is 0.176 e. The highest BCUT2D eigenvalue weighted by atomic mass is 16.6. The van der Waals surface area contributed by atoms with Crippen LogP contribution < -0.4 is 10.9 Å². The molecule has 136 valence electrons. The molecule has 0 aliphatic carbocycles. The number of rotatable bonds is 5. The van der Waals surface area contributed by atoms with Crippen molar-refractivity contribution >= 4 is 22.7 Å². The van der Waals surface area contributed by atoms with Gasteiger partial charge in [0.25, 0.3) is 0 Å². The van der Waals surface area contributed by atoms with E-state index in [1.165, 1.54) is 17.2 Å². The number of anilines is 2. The maximum absolute atomic E-state index is 10.2. The van der Waals surface area contributed by atoms with Crippen LogP contribution in [-0.4, -0.2) is 59.8 Å². The lowest BCUT2D eigenvalue weighted by Gasteiger charge is -2.16. The second-order valence-corrected chi connectivity index (χ2v) is 5.89. The Hall–Kier alpha value is -2.79. The Kier molecular flexibility index (Phi) is 4.39. The standard InChI is InChI=1S/C16H18N6O4/c23-6-10-12(24)13(25)16(26-10)22-8-19-11-14(17-7-18-15(11)22)21-20-9-4-2-1-3-5-9/h1-5,7-8,10,12-13,16,20,23-25H,6H2,(H,17,18,21). The average Bonchev–Trinajstić information content (AvgIpc) is 3.23. The number of imidazole rings is 1. The monoisotopic (exact) mass is 358 g/mol. The van der Waals surface area contributed by atoms with E-state index >= 15 is 0 Å². The molecule has 10 nitrogen and oxygen atoms in total. The molecule has 3 aromatic rings. The summed E-state index contributed by atoms with van der Waals surface area (Å²) in [7, 11) is 0. The highest BCUT2D eigenvalue weighted by molar-refractivity contribution is 5.83. The number of nitrogens with one attached hydrogen (secondary N) is 2. The number of nitrogens with zero attached hydrogens (tertiary/aromatic N) is 4. The van der Waals surface area contributed by atoms with Crippen molar-refractivity contribution in [2.75, 3.05) is 17.5 Å². The van der Waals surface area contributed by atoms with Crippen LogP contribution in [0.4, 0.5) is 11.5 Å². The summed E-state index contributed by atoms with van der Waals surface area (Å²) in [5.74, 6) is 0.448. The molecule has 3 heterocycles. The molecule has 0 radical (unpaired) electrons. The van der Waals surface area contributed by atoms with Crippen LogP contribution in [0.1, 0.15) is 6.23 Å². The summed E-state index contributed by atoms with van der Waals surface area (Å²) in [4.78, 5) is 12.7. The van der Waals surface area contributed by atoms with Crippen molar-refractivity contribution in [1.29, 1.82) is 0 Å². The van der Waals surface area contributed by atoms with Gasteiger partial charge in [0.1, 0.15) is 24.6 Å². The third-order valence-corrected chi connectivity index (χ3v) is 4.25. The third kappa shape index (κ3) is 2.84. The number of ether oxygens (including phenoxy) is 1. The third-order valence-electron chi connectivity index (χ3n) is 4.25. The molecule has 2 aromatic heterocycles. The SMILES string of the molecule is OCC1OC(n2cnc3c(NNc4ccccc4)ncnc32)C(O)C1O. The number of hydrogen-bond donors (Lipinski definition) is 5. The maximum atomic E-state index is 10.2. The molecule has 0 bridgehead atoms. The Balaban J connectivity index is 1.61. The van der Waals surface area contributed by atoms with Crippen molar-refractivity contribution in [1.82, 2.24) is 19.5 Å². The number of fused-ring (bicyclic) bond motifs is 1. The maximum Gasteiger partial charge on any atom is 0.176 e. The fourth-order valence-corrected chi connectivity index (χ4v) is 2.89. The molecule has 4 unspecified atom stereocenters. The van der Waals surface area contributed by atoms with Gasteiger partial charge in [-0.05, 0) is 12.1 Å². The lowest BCUT2D eigenvalue weighted by atomic mass is 10.1. The van der Waals surface area contributed by atoms with Crippen LogP contribution in [0, 0.1) is 0 Å². The molecule has 0 spiro atoms. The summed E-state index contributed by atoms with van der Waals surface area (Å²) in [6.45, 7) is -0.399. The lowest BCUT2D eigenvalue weighted by molar-refractivity contribution is -0.0511. The predicted octanol–water partition coefficient (Wildman–Crippen LogP) is -0.123. The van der Waals surface area contributed by atoms with E-state index < -0.39 is 31.1 Å². The van der Waals surface area contributed by atoms with Crippen LogP contribution in [0.3, 0.4) is 0 Å². The molecule has 1 saturated heterocycles. The van der Waals surface area contributed by atoms with E-state index in [1.807, 2.05) is 30.3 Å². The van der Waals surface area contributed by atoms with Crippen LogP contribution in [-0.2, 0) is 4.74 Å². The van der Waals surface area contributed by atoms with Gasteiger partial charge in [-0.15, -0.1) is 0 Å². The fourth-order valence-electron chi connectivity index (χ4n) is 2.89. The van der Waals surface area contributed by atoms with Crippen molar-refractivity contribution in [3.05, 3.63) is 43.0 Å². The van der Waals surface area contributed by atoms with Crippen LogP contribution in [0.5, 0.6) is 0 Å². The van der Waals surface area contributed by atoms with Crippen molar-refractivity contribution < 1.29 is 20.1 Å². The molecule has 1 fully saturated rings. The van der Waals surface area contributed by atoms with Gasteiger partial charge < -0.3 is 20.1 Å². The molecule has 1 aliphatic rings. The average molecular weight is 358 g/mol. The molecule has 10 heteroatoms. The molecule has 1 aromatic carbocycles. The highest BCUT2D eigenvalue weighted by Crippen LogP contribution is 2.32. The van der Waals surface area contributed by atoms with Crippen molar-refractivity contribution in [3.63, 3.8) is 0 Å². The van der Waals surface area contributed by atoms with Gasteiger partial charge in [0.05, 0.1) is 18.6 Å². The Morgan fingerprint density at radius 1 is 1.04 bits per heavy atom. The van der Waals surface area contributed by atoms with Crippen molar-refractivity contribution in [2.45, 2.75) is 24.5 Å². The van der Waals surface area contributed by atoms with Gasteiger partial charge in [0.15, 0.2) is 23.2 Å². The Morgan fingerprint density at radius 2 is 1.85 bits per heavy atom. The van der Waals surface area contributed by atoms with Crippen LogP contribution in [0.2, 0.25) is 0 Å². The quantitative estimate of drug-likeness (QED) is 0.395. The fraction of sp³-hybridized carbons (Fsp3) is 0.312. The van der Waals surface area contributed by atoms with Crippen LogP contribution in [0.25, 0.3) is 11.2 Å². The molecule has 5 N–H and O–H groups in total. The van der Waals surface area contributed by atoms with Gasteiger partial charge in [0.2, 0.25) is 0 Å². The second kappa shape index (κ2) is 6.84. The first-order valence-electron chi connectivity index (χ1n) is 8.06. The van der Waals surface area contributed by atoms with Gasteiger partial charge in [-0.1, -0.05) is 18.2 Å². The topological polar surface area (TPSA) is 138 Å². The van der Waals surface area contributed by atoms with E-state index in [0.717, 1.165) is 5.69 Å². The van der Waals surface area contributed by atoms with E-state index in [9.17, 15) is 15.3 Å². The molecule has 4 atom stereocenters. The Bertz CT molecular complexity index is 889. The minimum Gasteiger partial charge on any atom is -0.394 e. The molecule has 0 amide bonds. The molecule has 26 heavy (non-hydrogen) atoms. The van der Waals surface area contributed by atoms with Crippen LogP contribution >= 0.6 is 0 Å². The van der Waals surface area contributed by atoms with E-state index in [1.54, 1.807) is 0 Å². The summed E-state index contributed by atoms with van der Waals surface area (Å²) >= 11 is 0. The summed E-state index contributed by atoms with van der Waals surface area (Å²) < 4.78 is 7.04. The molecule has 0 saturated carbocycles. The number of hydrogen-bond acceptors (Lipinski definition) is 9. The second-order valence-electron chi connectivity index (χ2n) is 5.89. The molecule has 1 aliphatic heterocycles. The first-order valence-corrected chi connectivity index (χ1v) is 8.06. The van der Waals surface area contributed by atoms with E-state index in [-0.39, 0.29) is 0 Å². The van der Waals surface area contributed by atoms with Crippen molar-refractivity contribution in [3.8, 4) is 0 Å². The zero-order chi connectivity index (χ0) is 18.1. The minimum atomic E-state index is -1.21. The molecule has 4 rings (SSSR count). The van der Waals surface area contributed by atoms with E-state index in [2.05, 4.69) is 25.8 Å². The number of aliphatic hydroxyl groups excluding tert-OH is 3. The summed E-state index contributed by atoms with van der Waals surface area (Å²) in [5.41, 5.74) is 7.74. The largest absolute Gasteiger partial charge is 0.394 e. The van der Waals surface area contributed by atoms with Crippen molar-refractivity contribution in [2.24, 2.45) is 0 Å². The van der Waals surface area contributed by atoms with Gasteiger partial charge in [0, 0.05) is 0 Å². The number of para-hydroxylation sites is 1. The summed E-state index contributed by atoms with van der Waals surface area (Å²) in [6, 6.07) is 9.50. The zero-order valence-corrected chi connectivity index (χ0v) is 13.6. The van der Waals surface area contributed by atoms with Gasteiger partial charge in [-0.25, -0.2) is 15.0 Å².